The first-order valence-corrected chi connectivity index (χ1v) is 6.96. The highest BCUT2D eigenvalue weighted by atomic mass is 16.5. The third-order valence-electron chi connectivity index (χ3n) is 3.66. The van der Waals surface area contributed by atoms with Crippen molar-refractivity contribution in [3.8, 4) is 0 Å². The van der Waals surface area contributed by atoms with Gasteiger partial charge in [-0.2, -0.15) is 0 Å². The summed E-state index contributed by atoms with van der Waals surface area (Å²) >= 11 is 0. The zero-order valence-electron chi connectivity index (χ0n) is 12.2. The first-order chi connectivity index (χ1) is 10.1. The molecule has 1 aliphatic heterocycles. The Hall–Kier alpha value is -2.21. The summed E-state index contributed by atoms with van der Waals surface area (Å²) in [6.45, 7) is 3.60. The van der Waals surface area contributed by atoms with Crippen LogP contribution in [-0.4, -0.2) is 45.0 Å². The Morgan fingerprint density at radius 2 is 2.24 bits per heavy atom. The molecule has 0 bridgehead atoms. The molecular weight excluding hydrogens is 268 g/mol. The van der Waals surface area contributed by atoms with Crippen molar-refractivity contribution in [1.29, 1.82) is 0 Å². The normalized spacial score (nSPS) is 18.8. The number of ether oxygens (including phenoxy) is 1. The van der Waals surface area contributed by atoms with Crippen molar-refractivity contribution in [2.45, 2.75) is 13.0 Å². The minimum atomic E-state index is -0.107. The van der Waals surface area contributed by atoms with Gasteiger partial charge in [0.15, 0.2) is 5.82 Å². The van der Waals surface area contributed by atoms with E-state index in [4.69, 9.17) is 4.74 Å². The monoisotopic (exact) mass is 286 g/mol. The van der Waals surface area contributed by atoms with Gasteiger partial charge in [0.05, 0.1) is 13.2 Å². The number of aryl methyl sites for hydroxylation is 2. The van der Waals surface area contributed by atoms with E-state index in [1.54, 1.807) is 28.1 Å². The summed E-state index contributed by atoms with van der Waals surface area (Å²) in [7, 11) is 1.82. The van der Waals surface area contributed by atoms with Gasteiger partial charge in [0.2, 0.25) is 0 Å². The number of pyridine rings is 1. The van der Waals surface area contributed by atoms with Gasteiger partial charge in [-0.25, -0.2) is 4.98 Å². The third-order valence-corrected chi connectivity index (χ3v) is 3.66. The Bertz CT molecular complexity index is 653. The second-order valence-electron chi connectivity index (χ2n) is 5.20. The van der Waals surface area contributed by atoms with Gasteiger partial charge in [-0.15, -0.1) is 0 Å². The van der Waals surface area contributed by atoms with Gasteiger partial charge in [-0.05, 0) is 24.6 Å². The molecule has 21 heavy (non-hydrogen) atoms. The Morgan fingerprint density at radius 1 is 1.38 bits per heavy atom. The Morgan fingerprint density at radius 3 is 2.95 bits per heavy atom. The first-order valence-electron chi connectivity index (χ1n) is 6.96. The summed E-state index contributed by atoms with van der Waals surface area (Å²) in [4.78, 5) is 22.6. The summed E-state index contributed by atoms with van der Waals surface area (Å²) in [5, 5.41) is 0. The topological polar surface area (TPSA) is 60.2 Å². The number of carbonyl (C=O) groups is 1. The standard InChI is InChI=1S/C15H18N4O2/c1-11-9-12(3-4-16-11)13-10-19(7-8-21-13)15(20)14-17-5-6-18(14)2/h3-6,9,13H,7-8,10H2,1-2H3. The number of amides is 1. The van der Waals surface area contributed by atoms with E-state index < -0.39 is 0 Å². The van der Waals surface area contributed by atoms with E-state index in [0.29, 0.717) is 25.5 Å². The largest absolute Gasteiger partial charge is 0.370 e. The van der Waals surface area contributed by atoms with E-state index in [-0.39, 0.29) is 12.0 Å². The second-order valence-corrected chi connectivity index (χ2v) is 5.20. The van der Waals surface area contributed by atoms with Crippen LogP contribution < -0.4 is 0 Å². The summed E-state index contributed by atoms with van der Waals surface area (Å²) < 4.78 is 7.54. The van der Waals surface area contributed by atoms with Gasteiger partial charge in [-0.1, -0.05) is 0 Å². The smallest absolute Gasteiger partial charge is 0.290 e. The average Bonchev–Trinajstić information content (AvgIpc) is 2.93. The second kappa shape index (κ2) is 5.65. The number of morpholine rings is 1. The van der Waals surface area contributed by atoms with E-state index in [9.17, 15) is 4.79 Å². The van der Waals surface area contributed by atoms with Crippen molar-refractivity contribution < 1.29 is 9.53 Å². The minimum absolute atomic E-state index is 0.0541. The molecule has 1 unspecified atom stereocenters. The van der Waals surface area contributed by atoms with Crippen LogP contribution >= 0.6 is 0 Å². The third kappa shape index (κ3) is 2.80. The lowest BCUT2D eigenvalue weighted by Gasteiger charge is -2.33. The Labute approximate surface area is 123 Å². The van der Waals surface area contributed by atoms with Gasteiger partial charge in [0, 0.05) is 37.9 Å². The van der Waals surface area contributed by atoms with Crippen molar-refractivity contribution in [3.63, 3.8) is 0 Å². The van der Waals surface area contributed by atoms with Crippen LogP contribution in [0.15, 0.2) is 30.7 Å². The van der Waals surface area contributed by atoms with Gasteiger partial charge in [-0.3, -0.25) is 9.78 Å². The fraction of sp³-hybridized carbons (Fsp3) is 0.400. The molecule has 0 saturated carbocycles. The number of nitrogens with zero attached hydrogens (tertiary/aromatic N) is 4. The Kier molecular flexibility index (Phi) is 3.70. The molecule has 0 spiro atoms. The first kappa shape index (κ1) is 13.8. The number of imidazole rings is 1. The fourth-order valence-corrected chi connectivity index (χ4v) is 2.52. The molecule has 0 aromatic carbocycles. The van der Waals surface area contributed by atoms with E-state index in [2.05, 4.69) is 9.97 Å². The van der Waals surface area contributed by atoms with Crippen LogP contribution in [0.2, 0.25) is 0 Å². The molecule has 1 aliphatic rings. The molecule has 2 aromatic heterocycles. The molecule has 3 rings (SSSR count). The minimum Gasteiger partial charge on any atom is -0.370 e. The molecule has 1 atom stereocenters. The maximum atomic E-state index is 12.5. The summed E-state index contributed by atoms with van der Waals surface area (Å²) in [5.41, 5.74) is 2.00. The van der Waals surface area contributed by atoms with Gasteiger partial charge in [0.25, 0.3) is 5.91 Å². The highest BCUT2D eigenvalue weighted by Gasteiger charge is 2.27. The van der Waals surface area contributed by atoms with Crippen LogP contribution in [0.25, 0.3) is 0 Å². The van der Waals surface area contributed by atoms with Crippen LogP contribution in [0.4, 0.5) is 0 Å². The highest BCUT2D eigenvalue weighted by Crippen LogP contribution is 2.23. The maximum Gasteiger partial charge on any atom is 0.290 e. The van der Waals surface area contributed by atoms with Crippen molar-refractivity contribution in [2.24, 2.45) is 7.05 Å². The Balaban J connectivity index is 1.77. The molecule has 0 N–H and O–H groups in total. The van der Waals surface area contributed by atoms with Crippen LogP contribution in [0.3, 0.4) is 0 Å². The van der Waals surface area contributed by atoms with E-state index in [1.165, 1.54) is 0 Å². The molecule has 110 valence electrons. The molecule has 1 saturated heterocycles. The zero-order chi connectivity index (χ0) is 14.8. The van der Waals surface area contributed by atoms with Crippen molar-refractivity contribution in [3.05, 3.63) is 47.8 Å². The zero-order valence-corrected chi connectivity index (χ0v) is 12.2. The van der Waals surface area contributed by atoms with Crippen molar-refractivity contribution in [1.82, 2.24) is 19.4 Å². The van der Waals surface area contributed by atoms with Gasteiger partial charge in [0.1, 0.15) is 6.10 Å². The molecule has 6 nitrogen and oxygen atoms in total. The molecule has 6 heteroatoms. The number of hydrogen-bond acceptors (Lipinski definition) is 4. The molecule has 3 heterocycles. The molecular formula is C15H18N4O2. The van der Waals surface area contributed by atoms with Crippen LogP contribution in [-0.2, 0) is 11.8 Å². The van der Waals surface area contributed by atoms with Gasteiger partial charge >= 0.3 is 0 Å². The molecule has 1 fully saturated rings. The van der Waals surface area contributed by atoms with E-state index >= 15 is 0 Å². The van der Waals surface area contributed by atoms with Crippen LogP contribution in [0.1, 0.15) is 28.0 Å². The fourth-order valence-electron chi connectivity index (χ4n) is 2.52. The number of rotatable bonds is 2. The molecule has 0 aliphatic carbocycles. The predicted octanol–water partition coefficient (Wildman–Crippen LogP) is 1.34. The SMILES string of the molecule is Cc1cc(C2CN(C(=O)c3nccn3C)CCO2)ccn1. The predicted molar refractivity (Wildman–Crippen MR) is 76.8 cm³/mol. The van der Waals surface area contributed by atoms with E-state index in [1.807, 2.05) is 26.1 Å². The molecule has 1 amide bonds. The van der Waals surface area contributed by atoms with Gasteiger partial charge < -0.3 is 14.2 Å². The number of carbonyl (C=O) groups excluding carboxylic acids is 1. The lowest BCUT2D eigenvalue weighted by molar-refractivity contribution is -0.0233. The lowest BCUT2D eigenvalue weighted by Crippen LogP contribution is -2.43. The maximum absolute atomic E-state index is 12.5. The quantitative estimate of drug-likeness (QED) is 0.836. The number of aromatic nitrogens is 3. The highest BCUT2D eigenvalue weighted by molar-refractivity contribution is 5.90. The summed E-state index contributed by atoms with van der Waals surface area (Å²) in [5.74, 6) is 0.406. The number of hydrogen-bond donors (Lipinski definition) is 0. The van der Waals surface area contributed by atoms with Crippen molar-refractivity contribution in [2.75, 3.05) is 19.7 Å². The lowest BCUT2D eigenvalue weighted by atomic mass is 10.1. The van der Waals surface area contributed by atoms with Crippen LogP contribution in [0.5, 0.6) is 0 Å². The summed E-state index contributed by atoms with van der Waals surface area (Å²) in [6.07, 6.45) is 5.08. The van der Waals surface area contributed by atoms with Crippen molar-refractivity contribution >= 4 is 5.91 Å². The van der Waals surface area contributed by atoms with Crippen LogP contribution in [0, 0.1) is 6.92 Å². The summed E-state index contributed by atoms with van der Waals surface area (Å²) in [6, 6.07) is 3.94. The molecule has 2 aromatic rings. The average molecular weight is 286 g/mol. The molecule has 0 radical (unpaired) electrons. The van der Waals surface area contributed by atoms with E-state index in [0.717, 1.165) is 11.3 Å².